The molecule has 106 valence electrons. The zero-order valence-corrected chi connectivity index (χ0v) is 12.2. The number of piperazine rings is 1. The van der Waals surface area contributed by atoms with Crippen molar-refractivity contribution in [2.75, 3.05) is 36.8 Å². The van der Waals surface area contributed by atoms with E-state index in [4.69, 9.17) is 5.73 Å². The van der Waals surface area contributed by atoms with E-state index in [0.29, 0.717) is 6.04 Å². The lowest BCUT2D eigenvalue weighted by Gasteiger charge is -2.38. The molecule has 0 saturated carbocycles. The van der Waals surface area contributed by atoms with E-state index in [0.717, 1.165) is 48.5 Å². The van der Waals surface area contributed by atoms with E-state index in [-0.39, 0.29) is 0 Å². The highest BCUT2D eigenvalue weighted by Crippen LogP contribution is 2.31. The van der Waals surface area contributed by atoms with Gasteiger partial charge in [-0.2, -0.15) is 0 Å². The van der Waals surface area contributed by atoms with Gasteiger partial charge >= 0.3 is 0 Å². The number of rotatable bonds is 2. The first-order chi connectivity index (χ1) is 9.66. The molecule has 0 spiro atoms. The van der Waals surface area contributed by atoms with Gasteiger partial charge in [0.05, 0.1) is 16.9 Å². The Hall–Kier alpha value is -1.81. The number of fused-ring (bicyclic) bond motifs is 1. The van der Waals surface area contributed by atoms with Crippen LogP contribution in [-0.4, -0.2) is 42.1 Å². The number of anilines is 2. The van der Waals surface area contributed by atoms with Crippen LogP contribution in [0.25, 0.3) is 10.9 Å². The van der Waals surface area contributed by atoms with Gasteiger partial charge in [0.2, 0.25) is 0 Å². The number of nitrogen functional groups attached to an aromatic ring is 1. The molecule has 0 unspecified atom stereocenters. The van der Waals surface area contributed by atoms with E-state index >= 15 is 0 Å². The minimum atomic E-state index is 0.621. The predicted molar refractivity (Wildman–Crippen MR) is 85.1 cm³/mol. The lowest BCUT2D eigenvalue weighted by atomic mass is 10.1. The molecule has 1 aliphatic rings. The van der Waals surface area contributed by atoms with Gasteiger partial charge in [0.25, 0.3) is 0 Å². The number of aromatic nitrogens is 1. The maximum absolute atomic E-state index is 6.35. The van der Waals surface area contributed by atoms with Gasteiger partial charge in [-0.25, -0.2) is 0 Å². The molecular formula is C16H22N4. The van der Waals surface area contributed by atoms with Crippen LogP contribution in [0.4, 0.5) is 11.4 Å². The van der Waals surface area contributed by atoms with Crippen molar-refractivity contribution in [3.05, 3.63) is 30.5 Å². The Labute approximate surface area is 120 Å². The normalized spacial score (nSPS) is 17.1. The predicted octanol–water partition coefficient (Wildman–Crippen LogP) is 2.35. The smallest absolute Gasteiger partial charge is 0.0724 e. The van der Waals surface area contributed by atoms with E-state index in [1.54, 1.807) is 0 Å². The van der Waals surface area contributed by atoms with Crippen LogP contribution in [0.15, 0.2) is 30.5 Å². The number of hydrogen-bond donors (Lipinski definition) is 1. The summed E-state index contributed by atoms with van der Waals surface area (Å²) in [7, 11) is 0. The summed E-state index contributed by atoms with van der Waals surface area (Å²) in [5.41, 5.74) is 9.32. The van der Waals surface area contributed by atoms with E-state index in [2.05, 4.69) is 40.8 Å². The molecule has 4 heteroatoms. The molecule has 4 nitrogen and oxygen atoms in total. The third kappa shape index (κ3) is 2.31. The highest BCUT2D eigenvalue weighted by molar-refractivity contribution is 5.97. The molecule has 1 aliphatic heterocycles. The first-order valence-corrected chi connectivity index (χ1v) is 7.29. The molecule has 2 heterocycles. The quantitative estimate of drug-likeness (QED) is 0.851. The van der Waals surface area contributed by atoms with Gasteiger partial charge < -0.3 is 10.6 Å². The largest absolute Gasteiger partial charge is 0.396 e. The van der Waals surface area contributed by atoms with Crippen LogP contribution >= 0.6 is 0 Å². The van der Waals surface area contributed by atoms with Gasteiger partial charge in [0, 0.05) is 43.8 Å². The summed E-state index contributed by atoms with van der Waals surface area (Å²) in [5.74, 6) is 0. The summed E-state index contributed by atoms with van der Waals surface area (Å²) in [6.45, 7) is 8.78. The number of benzene rings is 1. The van der Waals surface area contributed by atoms with E-state index in [1.807, 2.05) is 18.3 Å². The Balaban J connectivity index is 1.86. The Kier molecular flexibility index (Phi) is 3.49. The molecule has 3 rings (SSSR count). The summed E-state index contributed by atoms with van der Waals surface area (Å²) in [6.07, 6.45) is 1.81. The van der Waals surface area contributed by atoms with Crippen LogP contribution < -0.4 is 10.6 Å². The van der Waals surface area contributed by atoms with E-state index < -0.39 is 0 Å². The van der Waals surface area contributed by atoms with Crippen LogP contribution in [0.5, 0.6) is 0 Å². The average Bonchev–Trinajstić information content (AvgIpc) is 2.48. The van der Waals surface area contributed by atoms with Crippen LogP contribution in [0, 0.1) is 0 Å². The third-order valence-electron chi connectivity index (χ3n) is 4.19. The summed E-state index contributed by atoms with van der Waals surface area (Å²) in [6, 6.07) is 8.78. The SMILES string of the molecule is CC(C)N1CCN(c2ccc3ncccc3c2N)CC1. The molecule has 0 atom stereocenters. The fraction of sp³-hybridized carbons (Fsp3) is 0.438. The molecule has 0 radical (unpaired) electrons. The van der Waals surface area contributed by atoms with Crippen molar-refractivity contribution in [2.45, 2.75) is 19.9 Å². The summed E-state index contributed by atoms with van der Waals surface area (Å²) in [4.78, 5) is 9.26. The van der Waals surface area contributed by atoms with Crippen LogP contribution in [-0.2, 0) is 0 Å². The zero-order chi connectivity index (χ0) is 14.1. The highest BCUT2D eigenvalue weighted by Gasteiger charge is 2.20. The Bertz CT molecular complexity index is 600. The minimum Gasteiger partial charge on any atom is -0.396 e. The van der Waals surface area contributed by atoms with Gasteiger partial charge in [-0.1, -0.05) is 0 Å². The standard InChI is InChI=1S/C16H22N4/c1-12(2)19-8-10-20(11-9-19)15-6-5-14-13(16(15)17)4-3-7-18-14/h3-7,12H,8-11,17H2,1-2H3. The number of hydrogen-bond acceptors (Lipinski definition) is 4. The van der Waals surface area contributed by atoms with Gasteiger partial charge in [0.1, 0.15) is 0 Å². The van der Waals surface area contributed by atoms with Gasteiger partial charge in [-0.3, -0.25) is 9.88 Å². The summed E-state index contributed by atoms with van der Waals surface area (Å²) < 4.78 is 0. The van der Waals surface area contributed by atoms with Crippen LogP contribution in [0.2, 0.25) is 0 Å². The van der Waals surface area contributed by atoms with Crippen molar-refractivity contribution >= 4 is 22.3 Å². The molecule has 1 aromatic heterocycles. The average molecular weight is 270 g/mol. The highest BCUT2D eigenvalue weighted by atomic mass is 15.3. The molecule has 1 aromatic carbocycles. The summed E-state index contributed by atoms with van der Waals surface area (Å²) >= 11 is 0. The lowest BCUT2D eigenvalue weighted by molar-refractivity contribution is 0.209. The van der Waals surface area contributed by atoms with Crippen LogP contribution in [0.1, 0.15) is 13.8 Å². The van der Waals surface area contributed by atoms with Gasteiger partial charge in [0.15, 0.2) is 0 Å². The first-order valence-electron chi connectivity index (χ1n) is 7.29. The maximum Gasteiger partial charge on any atom is 0.0724 e. The van der Waals surface area contributed by atoms with Crippen molar-refractivity contribution in [1.29, 1.82) is 0 Å². The fourth-order valence-electron chi connectivity index (χ4n) is 2.92. The van der Waals surface area contributed by atoms with Crippen molar-refractivity contribution < 1.29 is 0 Å². The van der Waals surface area contributed by atoms with Crippen molar-refractivity contribution in [1.82, 2.24) is 9.88 Å². The van der Waals surface area contributed by atoms with Gasteiger partial charge in [-0.05, 0) is 38.1 Å². The van der Waals surface area contributed by atoms with Crippen molar-refractivity contribution in [2.24, 2.45) is 0 Å². The molecule has 2 aromatic rings. The van der Waals surface area contributed by atoms with Crippen molar-refractivity contribution in [3.8, 4) is 0 Å². The summed E-state index contributed by atoms with van der Waals surface area (Å²) in [5, 5.41) is 1.05. The maximum atomic E-state index is 6.35. The van der Waals surface area contributed by atoms with Gasteiger partial charge in [-0.15, -0.1) is 0 Å². The number of pyridine rings is 1. The Morgan fingerprint density at radius 3 is 2.55 bits per heavy atom. The minimum absolute atomic E-state index is 0.621. The van der Waals surface area contributed by atoms with E-state index in [1.165, 1.54) is 0 Å². The number of nitrogens with zero attached hydrogens (tertiary/aromatic N) is 3. The topological polar surface area (TPSA) is 45.4 Å². The number of nitrogens with two attached hydrogens (primary N) is 1. The molecular weight excluding hydrogens is 248 g/mol. The fourth-order valence-corrected chi connectivity index (χ4v) is 2.92. The third-order valence-corrected chi connectivity index (χ3v) is 4.19. The van der Waals surface area contributed by atoms with Crippen LogP contribution in [0.3, 0.4) is 0 Å². The second-order valence-corrected chi connectivity index (χ2v) is 5.69. The second kappa shape index (κ2) is 5.29. The van der Waals surface area contributed by atoms with Crippen molar-refractivity contribution in [3.63, 3.8) is 0 Å². The first kappa shape index (κ1) is 13.2. The molecule has 0 bridgehead atoms. The molecule has 0 aliphatic carbocycles. The van der Waals surface area contributed by atoms with E-state index in [9.17, 15) is 0 Å². The molecule has 1 saturated heterocycles. The molecule has 0 amide bonds. The molecule has 2 N–H and O–H groups in total. The molecule has 1 fully saturated rings. The lowest BCUT2D eigenvalue weighted by Crippen LogP contribution is -2.49. The second-order valence-electron chi connectivity index (χ2n) is 5.69. The Morgan fingerprint density at radius 1 is 1.10 bits per heavy atom. The monoisotopic (exact) mass is 270 g/mol. The zero-order valence-electron chi connectivity index (χ0n) is 12.2. The Morgan fingerprint density at radius 2 is 1.85 bits per heavy atom. The molecule has 20 heavy (non-hydrogen) atoms.